The lowest BCUT2D eigenvalue weighted by molar-refractivity contribution is -0.117. The fourth-order valence-corrected chi connectivity index (χ4v) is 3.44. The number of Topliss-reactive ketones (excluding diaryl/α,β-unsaturated/α-hetero) is 1. The zero-order valence-corrected chi connectivity index (χ0v) is 16.4. The van der Waals surface area contributed by atoms with Crippen LogP contribution in [0.15, 0.2) is 54.6 Å². The van der Waals surface area contributed by atoms with Gasteiger partial charge in [0.15, 0.2) is 0 Å². The highest BCUT2D eigenvalue weighted by molar-refractivity contribution is 6.42. The van der Waals surface area contributed by atoms with E-state index in [1.807, 2.05) is 30.3 Å². The molecule has 0 aliphatic carbocycles. The first-order valence-electron chi connectivity index (χ1n) is 9.55. The summed E-state index contributed by atoms with van der Waals surface area (Å²) < 4.78 is 0. The minimum absolute atomic E-state index is 0.0237. The second kappa shape index (κ2) is 8.05. The van der Waals surface area contributed by atoms with Crippen molar-refractivity contribution in [2.24, 2.45) is 0 Å². The van der Waals surface area contributed by atoms with Crippen molar-refractivity contribution in [1.82, 2.24) is 10.2 Å². The van der Waals surface area contributed by atoms with Gasteiger partial charge in [-0.25, -0.2) is 0 Å². The lowest BCUT2D eigenvalue weighted by Gasteiger charge is -2.19. The van der Waals surface area contributed by atoms with Crippen LogP contribution in [-0.2, 0) is 16.8 Å². The van der Waals surface area contributed by atoms with E-state index in [2.05, 4.69) is 43.1 Å². The number of hydrogen-bond acceptors (Lipinski definition) is 3. The predicted octanol–water partition coefficient (Wildman–Crippen LogP) is 3.56. The molecule has 142 valence electrons. The van der Waals surface area contributed by atoms with Crippen LogP contribution in [0.1, 0.15) is 48.7 Å². The zero-order valence-electron chi connectivity index (χ0n) is 16.4. The van der Waals surface area contributed by atoms with E-state index in [1.54, 1.807) is 12.1 Å². The SMILES string of the molecule is CC(C)(C)c1ccc(C(=O)C(=O)NC2CCN(Cc3ccccc3)C2)cc1. The minimum atomic E-state index is -0.509. The quantitative estimate of drug-likeness (QED) is 0.652. The summed E-state index contributed by atoms with van der Waals surface area (Å²) in [5.41, 5.74) is 2.88. The molecule has 0 radical (unpaired) electrons. The van der Waals surface area contributed by atoms with Crippen molar-refractivity contribution >= 4 is 11.7 Å². The van der Waals surface area contributed by atoms with Gasteiger partial charge >= 0.3 is 0 Å². The first kappa shape index (κ1) is 19.3. The van der Waals surface area contributed by atoms with Crippen molar-refractivity contribution in [1.29, 1.82) is 0 Å². The van der Waals surface area contributed by atoms with E-state index >= 15 is 0 Å². The van der Waals surface area contributed by atoms with Crippen molar-refractivity contribution in [3.8, 4) is 0 Å². The first-order chi connectivity index (χ1) is 12.8. The number of rotatable bonds is 5. The Bertz CT molecular complexity index is 791. The molecule has 4 heteroatoms. The second-order valence-electron chi connectivity index (χ2n) is 8.34. The fraction of sp³-hybridized carbons (Fsp3) is 0.391. The summed E-state index contributed by atoms with van der Waals surface area (Å²) in [5.74, 6) is -0.970. The largest absolute Gasteiger partial charge is 0.345 e. The number of hydrogen-bond donors (Lipinski definition) is 1. The van der Waals surface area contributed by atoms with E-state index < -0.39 is 11.7 Å². The molecule has 1 saturated heterocycles. The summed E-state index contributed by atoms with van der Waals surface area (Å²) in [6, 6.07) is 17.7. The second-order valence-corrected chi connectivity index (χ2v) is 8.34. The molecular weight excluding hydrogens is 336 g/mol. The van der Waals surface area contributed by atoms with Crippen LogP contribution >= 0.6 is 0 Å². The molecule has 2 aromatic carbocycles. The number of amides is 1. The highest BCUT2D eigenvalue weighted by Gasteiger charge is 2.26. The van der Waals surface area contributed by atoms with E-state index in [4.69, 9.17) is 0 Å². The Morgan fingerprint density at radius 3 is 2.33 bits per heavy atom. The molecule has 0 bridgehead atoms. The highest BCUT2D eigenvalue weighted by atomic mass is 16.2. The predicted molar refractivity (Wildman–Crippen MR) is 108 cm³/mol. The number of benzene rings is 2. The van der Waals surface area contributed by atoms with Gasteiger partial charge < -0.3 is 5.32 Å². The van der Waals surface area contributed by atoms with Crippen LogP contribution in [0.5, 0.6) is 0 Å². The van der Waals surface area contributed by atoms with Crippen LogP contribution in [0.4, 0.5) is 0 Å². The molecular formula is C23H28N2O2. The van der Waals surface area contributed by atoms with Crippen LogP contribution < -0.4 is 5.32 Å². The van der Waals surface area contributed by atoms with Gasteiger partial charge in [0.2, 0.25) is 5.78 Å². The van der Waals surface area contributed by atoms with Crippen molar-refractivity contribution in [3.63, 3.8) is 0 Å². The third-order valence-corrected chi connectivity index (χ3v) is 5.08. The first-order valence-corrected chi connectivity index (χ1v) is 9.55. The third kappa shape index (κ3) is 5.04. The minimum Gasteiger partial charge on any atom is -0.345 e. The Morgan fingerprint density at radius 1 is 1.04 bits per heavy atom. The van der Waals surface area contributed by atoms with E-state index in [9.17, 15) is 9.59 Å². The van der Waals surface area contributed by atoms with Gasteiger partial charge in [-0.1, -0.05) is 75.4 Å². The van der Waals surface area contributed by atoms with Crippen LogP contribution in [-0.4, -0.2) is 35.7 Å². The van der Waals surface area contributed by atoms with Gasteiger partial charge in [0.25, 0.3) is 5.91 Å². The van der Waals surface area contributed by atoms with Gasteiger partial charge in [-0.3, -0.25) is 14.5 Å². The topological polar surface area (TPSA) is 49.4 Å². The molecule has 27 heavy (non-hydrogen) atoms. The molecule has 1 aliphatic rings. The maximum atomic E-state index is 12.4. The Morgan fingerprint density at radius 2 is 1.70 bits per heavy atom. The summed E-state index contributed by atoms with van der Waals surface area (Å²) in [6.07, 6.45) is 0.870. The Labute approximate surface area is 161 Å². The van der Waals surface area contributed by atoms with Crippen molar-refractivity contribution in [2.45, 2.75) is 45.2 Å². The molecule has 1 N–H and O–H groups in total. The van der Waals surface area contributed by atoms with Gasteiger partial charge in [-0.05, 0) is 23.0 Å². The summed E-state index contributed by atoms with van der Waals surface area (Å²) in [6.45, 7) is 8.94. The zero-order chi connectivity index (χ0) is 19.4. The summed E-state index contributed by atoms with van der Waals surface area (Å²) in [4.78, 5) is 27.1. The maximum Gasteiger partial charge on any atom is 0.292 e. The van der Waals surface area contributed by atoms with Gasteiger partial charge in [0, 0.05) is 31.2 Å². The van der Waals surface area contributed by atoms with Gasteiger partial charge in [0.1, 0.15) is 0 Å². The van der Waals surface area contributed by atoms with Crippen LogP contribution in [0.25, 0.3) is 0 Å². The number of nitrogens with one attached hydrogen (secondary N) is 1. The van der Waals surface area contributed by atoms with Crippen molar-refractivity contribution in [2.75, 3.05) is 13.1 Å². The van der Waals surface area contributed by atoms with Crippen molar-refractivity contribution in [3.05, 3.63) is 71.3 Å². The Balaban J connectivity index is 1.53. The lowest BCUT2D eigenvalue weighted by atomic mass is 9.86. The van der Waals surface area contributed by atoms with Gasteiger partial charge in [-0.2, -0.15) is 0 Å². The molecule has 3 rings (SSSR count). The lowest BCUT2D eigenvalue weighted by Crippen LogP contribution is -2.40. The summed E-state index contributed by atoms with van der Waals surface area (Å²) in [5, 5.41) is 2.91. The smallest absolute Gasteiger partial charge is 0.292 e. The molecule has 4 nitrogen and oxygen atoms in total. The molecule has 1 atom stereocenters. The Hall–Kier alpha value is -2.46. The monoisotopic (exact) mass is 364 g/mol. The molecule has 1 unspecified atom stereocenters. The van der Waals surface area contributed by atoms with E-state index in [1.165, 1.54) is 5.56 Å². The molecule has 1 fully saturated rings. The molecule has 1 aliphatic heterocycles. The summed E-state index contributed by atoms with van der Waals surface area (Å²) in [7, 11) is 0. The Kier molecular flexibility index (Phi) is 5.76. The highest BCUT2D eigenvalue weighted by Crippen LogP contribution is 2.22. The fourth-order valence-electron chi connectivity index (χ4n) is 3.44. The normalized spacial score (nSPS) is 17.7. The average molecular weight is 364 g/mol. The van der Waals surface area contributed by atoms with E-state index in [0.717, 1.165) is 31.6 Å². The molecule has 0 spiro atoms. The number of ketones is 1. The molecule has 0 aromatic heterocycles. The van der Waals surface area contributed by atoms with E-state index in [-0.39, 0.29) is 11.5 Å². The van der Waals surface area contributed by atoms with Crippen LogP contribution in [0.2, 0.25) is 0 Å². The number of likely N-dealkylation sites (tertiary alicyclic amines) is 1. The third-order valence-electron chi connectivity index (χ3n) is 5.08. The summed E-state index contributed by atoms with van der Waals surface area (Å²) >= 11 is 0. The average Bonchev–Trinajstić information content (AvgIpc) is 3.08. The number of nitrogens with zero attached hydrogens (tertiary/aromatic N) is 1. The standard InChI is InChI=1S/C23H28N2O2/c1-23(2,3)19-11-9-18(10-12-19)21(26)22(27)24-20-13-14-25(16-20)15-17-7-5-4-6-8-17/h4-12,20H,13-16H2,1-3H3,(H,24,27). The van der Waals surface area contributed by atoms with Crippen LogP contribution in [0, 0.1) is 0 Å². The van der Waals surface area contributed by atoms with Gasteiger partial charge in [-0.15, -0.1) is 0 Å². The molecule has 1 amide bonds. The number of carbonyl (C=O) groups excluding carboxylic acids is 2. The molecule has 2 aromatic rings. The molecule has 1 heterocycles. The number of carbonyl (C=O) groups is 2. The van der Waals surface area contributed by atoms with E-state index in [0.29, 0.717) is 5.56 Å². The van der Waals surface area contributed by atoms with Gasteiger partial charge in [0.05, 0.1) is 0 Å². The van der Waals surface area contributed by atoms with Crippen molar-refractivity contribution < 1.29 is 9.59 Å². The molecule has 0 saturated carbocycles. The van der Waals surface area contributed by atoms with Crippen LogP contribution in [0.3, 0.4) is 0 Å². The maximum absolute atomic E-state index is 12.4.